The van der Waals surface area contributed by atoms with Gasteiger partial charge in [0.15, 0.2) is 0 Å². The van der Waals surface area contributed by atoms with Gasteiger partial charge < -0.3 is 5.32 Å². The molecule has 2 unspecified atom stereocenters. The van der Waals surface area contributed by atoms with Crippen LogP contribution in [-0.4, -0.2) is 22.9 Å². The third kappa shape index (κ3) is 3.73. The molecule has 0 spiro atoms. The van der Waals surface area contributed by atoms with Gasteiger partial charge in [0.2, 0.25) is 0 Å². The van der Waals surface area contributed by atoms with Crippen LogP contribution >= 0.6 is 0 Å². The molecule has 0 bridgehead atoms. The van der Waals surface area contributed by atoms with E-state index in [0.29, 0.717) is 12.5 Å². The lowest BCUT2D eigenvalue weighted by Crippen LogP contribution is -2.36. The van der Waals surface area contributed by atoms with Crippen molar-refractivity contribution in [2.75, 3.05) is 7.05 Å². The van der Waals surface area contributed by atoms with E-state index in [4.69, 9.17) is 0 Å². The Labute approximate surface area is 99.0 Å². The average molecular weight is 249 g/mol. The molecule has 1 N–H and O–H groups in total. The Kier molecular flexibility index (Phi) is 4.56. The SMILES string of the molecule is CCC(C)C(Cn1cc(C(F)(F)F)cn1)NC. The van der Waals surface area contributed by atoms with Crippen molar-refractivity contribution >= 4 is 0 Å². The minimum Gasteiger partial charge on any atom is -0.315 e. The zero-order valence-electron chi connectivity index (χ0n) is 10.3. The maximum absolute atomic E-state index is 12.4. The molecule has 6 heteroatoms. The van der Waals surface area contributed by atoms with E-state index in [1.54, 1.807) is 0 Å². The van der Waals surface area contributed by atoms with Gasteiger partial charge in [0.25, 0.3) is 0 Å². The van der Waals surface area contributed by atoms with Crippen molar-refractivity contribution < 1.29 is 13.2 Å². The van der Waals surface area contributed by atoms with Crippen molar-refractivity contribution in [3.05, 3.63) is 18.0 Å². The highest BCUT2D eigenvalue weighted by Gasteiger charge is 2.32. The van der Waals surface area contributed by atoms with Crippen LogP contribution < -0.4 is 5.32 Å². The first-order valence-corrected chi connectivity index (χ1v) is 5.65. The molecular weight excluding hydrogens is 231 g/mol. The summed E-state index contributed by atoms with van der Waals surface area (Å²) in [6.45, 7) is 4.57. The minimum atomic E-state index is -4.32. The lowest BCUT2D eigenvalue weighted by atomic mass is 9.99. The number of rotatable bonds is 5. The summed E-state index contributed by atoms with van der Waals surface area (Å²) in [6.07, 6.45) is -1.43. The molecule has 0 saturated carbocycles. The van der Waals surface area contributed by atoms with Gasteiger partial charge in [-0.2, -0.15) is 18.3 Å². The van der Waals surface area contributed by atoms with E-state index in [1.807, 2.05) is 7.05 Å². The molecule has 0 aliphatic heterocycles. The van der Waals surface area contributed by atoms with Gasteiger partial charge in [-0.25, -0.2) is 0 Å². The minimum absolute atomic E-state index is 0.126. The van der Waals surface area contributed by atoms with E-state index in [-0.39, 0.29) is 6.04 Å². The van der Waals surface area contributed by atoms with E-state index in [2.05, 4.69) is 24.3 Å². The molecule has 0 amide bonds. The summed E-state index contributed by atoms with van der Waals surface area (Å²) in [4.78, 5) is 0. The number of hydrogen-bond acceptors (Lipinski definition) is 2. The van der Waals surface area contributed by atoms with Crippen LogP contribution in [0.3, 0.4) is 0 Å². The maximum atomic E-state index is 12.4. The molecule has 17 heavy (non-hydrogen) atoms. The van der Waals surface area contributed by atoms with Crippen LogP contribution in [0.1, 0.15) is 25.8 Å². The summed E-state index contributed by atoms with van der Waals surface area (Å²) < 4.78 is 38.5. The first kappa shape index (κ1) is 14.0. The van der Waals surface area contributed by atoms with Crippen molar-refractivity contribution in [2.45, 2.75) is 39.0 Å². The molecule has 0 aliphatic rings. The van der Waals surface area contributed by atoms with Gasteiger partial charge >= 0.3 is 6.18 Å². The zero-order chi connectivity index (χ0) is 13.1. The number of likely N-dealkylation sites (N-methyl/N-ethyl adjacent to an activating group) is 1. The van der Waals surface area contributed by atoms with Crippen LogP contribution in [0.25, 0.3) is 0 Å². The lowest BCUT2D eigenvalue weighted by molar-refractivity contribution is -0.137. The summed E-state index contributed by atoms with van der Waals surface area (Å²) >= 11 is 0. The summed E-state index contributed by atoms with van der Waals surface area (Å²) in [5, 5.41) is 6.85. The Bertz CT molecular complexity index is 346. The first-order valence-electron chi connectivity index (χ1n) is 5.65. The maximum Gasteiger partial charge on any atom is 0.419 e. The molecule has 0 fully saturated rings. The molecular formula is C11H18F3N3. The van der Waals surface area contributed by atoms with Crippen LogP contribution in [0, 0.1) is 5.92 Å². The second kappa shape index (κ2) is 5.53. The highest BCUT2D eigenvalue weighted by atomic mass is 19.4. The average Bonchev–Trinajstić information content (AvgIpc) is 2.73. The van der Waals surface area contributed by atoms with Gasteiger partial charge in [-0.05, 0) is 13.0 Å². The Balaban J connectivity index is 2.71. The van der Waals surface area contributed by atoms with Gasteiger partial charge in [-0.3, -0.25) is 4.68 Å². The number of alkyl halides is 3. The molecule has 2 atom stereocenters. The summed E-state index contributed by atoms with van der Waals surface area (Å²) in [5.41, 5.74) is -0.698. The van der Waals surface area contributed by atoms with E-state index < -0.39 is 11.7 Å². The van der Waals surface area contributed by atoms with Gasteiger partial charge in [0, 0.05) is 12.2 Å². The first-order chi connectivity index (χ1) is 7.88. The smallest absolute Gasteiger partial charge is 0.315 e. The molecule has 1 heterocycles. The Morgan fingerprint density at radius 1 is 1.47 bits per heavy atom. The Hall–Kier alpha value is -1.04. The number of nitrogens with zero attached hydrogens (tertiary/aromatic N) is 2. The zero-order valence-corrected chi connectivity index (χ0v) is 10.3. The number of halogens is 3. The molecule has 0 radical (unpaired) electrons. The molecule has 0 aliphatic carbocycles. The lowest BCUT2D eigenvalue weighted by Gasteiger charge is -2.22. The highest BCUT2D eigenvalue weighted by Crippen LogP contribution is 2.28. The predicted molar refractivity (Wildman–Crippen MR) is 59.5 cm³/mol. The number of nitrogens with one attached hydrogen (secondary N) is 1. The van der Waals surface area contributed by atoms with Crippen LogP contribution in [0.15, 0.2) is 12.4 Å². The number of aromatic nitrogens is 2. The van der Waals surface area contributed by atoms with Gasteiger partial charge in [-0.15, -0.1) is 0 Å². The monoisotopic (exact) mass is 249 g/mol. The third-order valence-electron chi connectivity index (χ3n) is 3.05. The van der Waals surface area contributed by atoms with Crippen molar-refractivity contribution in [1.29, 1.82) is 0 Å². The predicted octanol–water partition coefficient (Wildman–Crippen LogP) is 2.54. The van der Waals surface area contributed by atoms with Crippen molar-refractivity contribution in [3.8, 4) is 0 Å². The fourth-order valence-corrected chi connectivity index (χ4v) is 1.65. The van der Waals surface area contributed by atoms with E-state index in [9.17, 15) is 13.2 Å². The van der Waals surface area contributed by atoms with Gasteiger partial charge in [-0.1, -0.05) is 20.3 Å². The second-order valence-electron chi connectivity index (χ2n) is 4.23. The third-order valence-corrected chi connectivity index (χ3v) is 3.05. The van der Waals surface area contributed by atoms with Crippen LogP contribution in [0.5, 0.6) is 0 Å². The van der Waals surface area contributed by atoms with Gasteiger partial charge in [0.05, 0.1) is 18.3 Å². The highest BCUT2D eigenvalue weighted by molar-refractivity contribution is 5.08. The Morgan fingerprint density at radius 2 is 2.12 bits per heavy atom. The molecule has 1 aromatic heterocycles. The second-order valence-corrected chi connectivity index (χ2v) is 4.23. The summed E-state index contributed by atoms with van der Waals surface area (Å²) in [5.74, 6) is 0.388. The quantitative estimate of drug-likeness (QED) is 0.869. The summed E-state index contributed by atoms with van der Waals surface area (Å²) in [7, 11) is 1.81. The fraction of sp³-hybridized carbons (Fsp3) is 0.727. The Morgan fingerprint density at radius 3 is 2.53 bits per heavy atom. The van der Waals surface area contributed by atoms with E-state index >= 15 is 0 Å². The van der Waals surface area contributed by atoms with Crippen molar-refractivity contribution in [3.63, 3.8) is 0 Å². The van der Waals surface area contributed by atoms with Crippen molar-refractivity contribution in [1.82, 2.24) is 15.1 Å². The van der Waals surface area contributed by atoms with Crippen LogP contribution in [0.2, 0.25) is 0 Å². The van der Waals surface area contributed by atoms with Crippen LogP contribution in [-0.2, 0) is 12.7 Å². The fourth-order valence-electron chi connectivity index (χ4n) is 1.65. The number of hydrogen-bond donors (Lipinski definition) is 1. The van der Waals surface area contributed by atoms with Crippen molar-refractivity contribution in [2.24, 2.45) is 5.92 Å². The molecule has 98 valence electrons. The molecule has 0 saturated heterocycles. The van der Waals surface area contributed by atoms with E-state index in [0.717, 1.165) is 18.8 Å². The molecule has 1 rings (SSSR count). The molecule has 1 aromatic rings. The summed E-state index contributed by atoms with van der Waals surface area (Å²) in [6, 6.07) is 0.126. The van der Waals surface area contributed by atoms with Gasteiger partial charge in [0.1, 0.15) is 0 Å². The standard InChI is InChI=1S/C11H18F3N3/c1-4-8(2)10(15-3)7-17-6-9(5-16-17)11(12,13)14/h5-6,8,10,15H,4,7H2,1-3H3. The van der Waals surface area contributed by atoms with E-state index in [1.165, 1.54) is 4.68 Å². The molecule has 0 aromatic carbocycles. The normalized spacial score (nSPS) is 15.9. The topological polar surface area (TPSA) is 29.9 Å². The molecule has 3 nitrogen and oxygen atoms in total. The largest absolute Gasteiger partial charge is 0.419 e. The van der Waals surface area contributed by atoms with Crippen LogP contribution in [0.4, 0.5) is 13.2 Å².